The Kier molecular flexibility index (Phi) is 4.51. The molecule has 0 bridgehead atoms. The zero-order valence-electron chi connectivity index (χ0n) is 12.2. The number of nitrogens with one attached hydrogen (secondary N) is 1. The molecule has 128 valence electrons. The Morgan fingerprint density at radius 1 is 1.08 bits per heavy atom. The molecule has 0 amide bonds. The molecule has 24 heavy (non-hydrogen) atoms. The van der Waals surface area contributed by atoms with Crippen molar-refractivity contribution in [3.05, 3.63) is 47.0 Å². The first-order chi connectivity index (χ1) is 11.4. The Labute approximate surface area is 142 Å². The van der Waals surface area contributed by atoms with Crippen LogP contribution in [0.15, 0.2) is 35.2 Å². The van der Waals surface area contributed by atoms with Crippen LogP contribution in [0.4, 0.5) is 14.5 Å². The number of rotatable bonds is 3. The molecule has 0 aromatic heterocycles. The Bertz CT molecular complexity index is 889. The summed E-state index contributed by atoms with van der Waals surface area (Å²) in [5.74, 6) is -2.02. The van der Waals surface area contributed by atoms with Crippen LogP contribution in [-0.2, 0) is 10.0 Å². The third-order valence-electron chi connectivity index (χ3n) is 3.29. The average molecular weight is 376 g/mol. The van der Waals surface area contributed by atoms with Gasteiger partial charge in [0.15, 0.2) is 23.1 Å². The zero-order valence-corrected chi connectivity index (χ0v) is 13.8. The minimum Gasteiger partial charge on any atom is -0.490 e. The van der Waals surface area contributed by atoms with E-state index in [1.54, 1.807) is 0 Å². The highest BCUT2D eigenvalue weighted by Gasteiger charge is 2.24. The van der Waals surface area contributed by atoms with Gasteiger partial charge in [-0.25, -0.2) is 17.2 Å². The first kappa shape index (κ1) is 16.8. The van der Waals surface area contributed by atoms with Crippen LogP contribution >= 0.6 is 11.6 Å². The van der Waals surface area contributed by atoms with Gasteiger partial charge >= 0.3 is 0 Å². The second-order valence-corrected chi connectivity index (χ2v) is 7.04. The summed E-state index contributed by atoms with van der Waals surface area (Å²) in [5, 5.41) is 0.0413. The van der Waals surface area contributed by atoms with Crippen molar-refractivity contribution in [2.75, 3.05) is 17.9 Å². The van der Waals surface area contributed by atoms with E-state index in [4.69, 9.17) is 21.1 Å². The van der Waals surface area contributed by atoms with E-state index < -0.39 is 26.6 Å². The number of hydrogen-bond donors (Lipinski definition) is 1. The van der Waals surface area contributed by atoms with Crippen molar-refractivity contribution < 1.29 is 26.7 Å². The maximum Gasteiger partial charge on any atom is 0.264 e. The van der Waals surface area contributed by atoms with Gasteiger partial charge in [-0.3, -0.25) is 4.72 Å². The molecule has 1 aliphatic rings. The van der Waals surface area contributed by atoms with Gasteiger partial charge in [0.1, 0.15) is 4.90 Å². The maximum atomic E-state index is 13.8. The molecule has 0 unspecified atom stereocenters. The smallest absolute Gasteiger partial charge is 0.264 e. The molecule has 0 saturated carbocycles. The van der Waals surface area contributed by atoms with Crippen LogP contribution < -0.4 is 14.2 Å². The Hall–Kier alpha value is -2.06. The van der Waals surface area contributed by atoms with Gasteiger partial charge in [-0.05, 0) is 12.1 Å². The third-order valence-corrected chi connectivity index (χ3v) is 4.98. The lowest BCUT2D eigenvalue weighted by molar-refractivity contribution is 0.297. The molecule has 0 atom stereocenters. The highest BCUT2D eigenvalue weighted by atomic mass is 35.5. The first-order valence-electron chi connectivity index (χ1n) is 6.94. The number of anilines is 1. The first-order valence-corrected chi connectivity index (χ1v) is 8.80. The van der Waals surface area contributed by atoms with Crippen LogP contribution in [0, 0.1) is 11.6 Å². The number of benzene rings is 2. The summed E-state index contributed by atoms with van der Waals surface area (Å²) in [6.45, 7) is 0.849. The lowest BCUT2D eigenvalue weighted by Gasteiger charge is -2.14. The van der Waals surface area contributed by atoms with Crippen LogP contribution in [-0.4, -0.2) is 21.6 Å². The van der Waals surface area contributed by atoms with Crippen molar-refractivity contribution in [1.82, 2.24) is 0 Å². The van der Waals surface area contributed by atoms with Crippen LogP contribution in [0.2, 0.25) is 5.02 Å². The molecule has 1 N–H and O–H groups in total. The molecule has 2 aromatic carbocycles. The van der Waals surface area contributed by atoms with Gasteiger partial charge in [0, 0.05) is 18.6 Å². The molecule has 9 heteroatoms. The van der Waals surface area contributed by atoms with Crippen molar-refractivity contribution in [2.24, 2.45) is 0 Å². The minimum atomic E-state index is -4.37. The third kappa shape index (κ3) is 3.25. The summed E-state index contributed by atoms with van der Waals surface area (Å²) in [6, 6.07) is 5.63. The predicted molar refractivity (Wildman–Crippen MR) is 84.2 cm³/mol. The molecule has 0 radical (unpaired) electrons. The fraction of sp³-hybridized carbons (Fsp3) is 0.200. The molecule has 2 aromatic rings. The van der Waals surface area contributed by atoms with E-state index in [1.807, 2.05) is 0 Å². The summed E-state index contributed by atoms with van der Waals surface area (Å²) in [5.41, 5.74) is -0.0235. The Morgan fingerprint density at radius 3 is 2.46 bits per heavy atom. The van der Waals surface area contributed by atoms with Crippen molar-refractivity contribution in [3.63, 3.8) is 0 Å². The van der Waals surface area contributed by atoms with E-state index in [1.165, 1.54) is 12.1 Å². The second-order valence-electron chi connectivity index (χ2n) is 4.99. The zero-order chi connectivity index (χ0) is 17.3. The molecule has 1 aliphatic heterocycles. The molecule has 3 rings (SSSR count). The monoisotopic (exact) mass is 375 g/mol. The molecule has 0 aliphatic carbocycles. The SMILES string of the molecule is O=S(=O)(Nc1cc2c(cc1Cl)OCCCO2)c1cccc(F)c1F. The lowest BCUT2D eigenvalue weighted by atomic mass is 10.3. The van der Waals surface area contributed by atoms with E-state index in [0.29, 0.717) is 31.1 Å². The van der Waals surface area contributed by atoms with Gasteiger partial charge in [-0.15, -0.1) is 0 Å². The van der Waals surface area contributed by atoms with Gasteiger partial charge in [0.25, 0.3) is 10.0 Å². The van der Waals surface area contributed by atoms with Crippen LogP contribution in [0.5, 0.6) is 11.5 Å². The largest absolute Gasteiger partial charge is 0.490 e. The topological polar surface area (TPSA) is 64.6 Å². The standard InChI is InChI=1S/C15H12ClF2NO4S/c16-9-7-12-13(23-6-2-5-22-12)8-11(9)19-24(20,21)14-4-1-3-10(17)15(14)18/h1,3-4,7-8,19H,2,5-6H2. The number of sulfonamides is 1. The number of ether oxygens (including phenoxy) is 2. The molecule has 0 saturated heterocycles. The van der Waals surface area contributed by atoms with E-state index in [9.17, 15) is 17.2 Å². The summed E-state index contributed by atoms with van der Waals surface area (Å²) in [6.07, 6.45) is 0.669. The Morgan fingerprint density at radius 2 is 1.75 bits per heavy atom. The molecular formula is C15H12ClF2NO4S. The van der Waals surface area contributed by atoms with E-state index in [2.05, 4.69) is 4.72 Å². The molecule has 1 heterocycles. The molecule has 5 nitrogen and oxygen atoms in total. The van der Waals surface area contributed by atoms with Crippen LogP contribution in [0.25, 0.3) is 0 Å². The van der Waals surface area contributed by atoms with Gasteiger partial charge in [-0.2, -0.15) is 0 Å². The van der Waals surface area contributed by atoms with Crippen molar-refractivity contribution in [3.8, 4) is 11.5 Å². The van der Waals surface area contributed by atoms with Crippen LogP contribution in [0.1, 0.15) is 6.42 Å². The number of hydrogen-bond acceptors (Lipinski definition) is 4. The van der Waals surface area contributed by atoms with E-state index >= 15 is 0 Å². The number of halogens is 3. The van der Waals surface area contributed by atoms with Crippen molar-refractivity contribution in [2.45, 2.75) is 11.3 Å². The normalized spacial score (nSPS) is 14.1. The number of fused-ring (bicyclic) bond motifs is 1. The second kappa shape index (κ2) is 6.45. The van der Waals surface area contributed by atoms with Gasteiger partial charge in [0.2, 0.25) is 0 Å². The highest BCUT2D eigenvalue weighted by Crippen LogP contribution is 2.38. The van der Waals surface area contributed by atoms with Gasteiger partial charge in [-0.1, -0.05) is 17.7 Å². The van der Waals surface area contributed by atoms with E-state index in [0.717, 1.165) is 18.2 Å². The predicted octanol–water partition coefficient (Wildman–Crippen LogP) is 3.58. The highest BCUT2D eigenvalue weighted by molar-refractivity contribution is 7.92. The van der Waals surface area contributed by atoms with Crippen LogP contribution in [0.3, 0.4) is 0 Å². The Balaban J connectivity index is 1.98. The summed E-state index contributed by atoms with van der Waals surface area (Å²) >= 11 is 6.05. The van der Waals surface area contributed by atoms with Crippen molar-refractivity contribution in [1.29, 1.82) is 0 Å². The summed E-state index contributed by atoms with van der Waals surface area (Å²) in [4.78, 5) is -0.814. The van der Waals surface area contributed by atoms with Gasteiger partial charge in [0.05, 0.1) is 23.9 Å². The minimum absolute atomic E-state index is 0.0235. The average Bonchev–Trinajstić information content (AvgIpc) is 2.75. The molecule has 0 spiro atoms. The fourth-order valence-corrected chi connectivity index (χ4v) is 3.57. The molecular weight excluding hydrogens is 364 g/mol. The summed E-state index contributed by atoms with van der Waals surface area (Å²) < 4.78 is 64.7. The fourth-order valence-electron chi connectivity index (χ4n) is 2.15. The van der Waals surface area contributed by atoms with Crippen molar-refractivity contribution >= 4 is 27.3 Å². The van der Waals surface area contributed by atoms with Gasteiger partial charge < -0.3 is 9.47 Å². The molecule has 0 fully saturated rings. The maximum absolute atomic E-state index is 13.8. The summed E-state index contributed by atoms with van der Waals surface area (Å²) in [7, 11) is -4.37. The van der Waals surface area contributed by atoms with E-state index in [-0.39, 0.29) is 10.7 Å². The lowest BCUT2D eigenvalue weighted by Crippen LogP contribution is -2.15. The quantitative estimate of drug-likeness (QED) is 0.890.